The molecule has 0 spiro atoms. The molecule has 4 nitrogen and oxygen atoms in total. The van der Waals surface area contributed by atoms with Gasteiger partial charge in [-0.1, -0.05) is 0 Å². The highest BCUT2D eigenvalue weighted by molar-refractivity contribution is 5.46. The van der Waals surface area contributed by atoms with Crippen LogP contribution < -0.4 is 5.32 Å². The molecule has 4 heteroatoms. The maximum atomic E-state index is 4.23. The van der Waals surface area contributed by atoms with Crippen molar-refractivity contribution in [3.8, 4) is 0 Å². The number of nitrogens with one attached hydrogen (secondary N) is 1. The number of likely N-dealkylation sites (N-methyl/N-ethyl adjacent to an activating group) is 1. The Labute approximate surface area is 78.0 Å². The van der Waals surface area contributed by atoms with Crippen LogP contribution in [0.15, 0.2) is 6.33 Å². The smallest absolute Gasteiger partial charge is 0.134 e. The van der Waals surface area contributed by atoms with E-state index >= 15 is 0 Å². The number of hydrogen-bond donors (Lipinski definition) is 1. The van der Waals surface area contributed by atoms with Crippen LogP contribution in [-0.2, 0) is 6.54 Å². The zero-order valence-corrected chi connectivity index (χ0v) is 8.04. The predicted octanol–water partition coefficient (Wildman–Crippen LogP) is 0.642. The summed E-state index contributed by atoms with van der Waals surface area (Å²) in [5.74, 6) is 0.997. The monoisotopic (exact) mass is 178 g/mol. The van der Waals surface area contributed by atoms with Crippen molar-refractivity contribution >= 4 is 5.82 Å². The van der Waals surface area contributed by atoms with E-state index in [2.05, 4.69) is 27.2 Å². The van der Waals surface area contributed by atoms with E-state index in [4.69, 9.17) is 0 Å². The average molecular weight is 178 g/mol. The van der Waals surface area contributed by atoms with Gasteiger partial charge >= 0.3 is 0 Å². The van der Waals surface area contributed by atoms with E-state index in [1.807, 2.05) is 6.92 Å². The van der Waals surface area contributed by atoms with Crippen LogP contribution >= 0.6 is 0 Å². The number of aryl methyl sites for hydroxylation is 1. The van der Waals surface area contributed by atoms with Gasteiger partial charge in [-0.3, -0.25) is 0 Å². The first-order valence-corrected chi connectivity index (χ1v) is 4.50. The van der Waals surface area contributed by atoms with Crippen LogP contribution in [0.3, 0.4) is 0 Å². The van der Waals surface area contributed by atoms with E-state index < -0.39 is 0 Å². The van der Waals surface area contributed by atoms with E-state index in [-0.39, 0.29) is 0 Å². The van der Waals surface area contributed by atoms with E-state index in [9.17, 15) is 0 Å². The van der Waals surface area contributed by atoms with Gasteiger partial charge in [-0.25, -0.2) is 9.97 Å². The first-order chi connectivity index (χ1) is 6.27. The van der Waals surface area contributed by atoms with E-state index in [1.54, 1.807) is 6.33 Å². The topological polar surface area (TPSA) is 41.1 Å². The summed E-state index contributed by atoms with van der Waals surface area (Å²) in [5, 5.41) is 3.30. The van der Waals surface area contributed by atoms with Gasteiger partial charge in [0.25, 0.3) is 0 Å². The summed E-state index contributed by atoms with van der Waals surface area (Å²) in [5.41, 5.74) is 2.30. The molecule has 0 aliphatic carbocycles. The zero-order chi connectivity index (χ0) is 9.26. The summed E-state index contributed by atoms with van der Waals surface area (Å²) in [6.07, 6.45) is 1.62. The molecular formula is C9H14N4. The molecule has 0 atom stereocenters. The van der Waals surface area contributed by atoms with Crippen LogP contribution in [-0.4, -0.2) is 35.0 Å². The summed E-state index contributed by atoms with van der Waals surface area (Å²) in [7, 11) is 2.11. The standard InChI is InChI=1S/C9H14N4/c1-7-8-5-13(2)4-3-10-9(8)12-6-11-7/h6H,3-5H2,1-2H3,(H,10,11,12). The van der Waals surface area contributed by atoms with Crippen molar-refractivity contribution < 1.29 is 0 Å². The average Bonchev–Trinajstić information content (AvgIpc) is 2.28. The van der Waals surface area contributed by atoms with Crippen molar-refractivity contribution in [1.82, 2.24) is 14.9 Å². The lowest BCUT2D eigenvalue weighted by Crippen LogP contribution is -2.21. The lowest BCUT2D eigenvalue weighted by molar-refractivity contribution is 0.345. The molecule has 1 N–H and O–H groups in total. The second-order valence-electron chi connectivity index (χ2n) is 3.45. The Morgan fingerprint density at radius 1 is 1.46 bits per heavy atom. The summed E-state index contributed by atoms with van der Waals surface area (Å²) >= 11 is 0. The van der Waals surface area contributed by atoms with Gasteiger partial charge < -0.3 is 10.2 Å². The Morgan fingerprint density at radius 2 is 2.31 bits per heavy atom. The van der Waals surface area contributed by atoms with Crippen molar-refractivity contribution in [1.29, 1.82) is 0 Å². The Kier molecular flexibility index (Phi) is 2.14. The van der Waals surface area contributed by atoms with Gasteiger partial charge in [-0.05, 0) is 14.0 Å². The molecule has 1 aliphatic heterocycles. The van der Waals surface area contributed by atoms with Crippen LogP contribution in [0.4, 0.5) is 5.82 Å². The lowest BCUT2D eigenvalue weighted by Gasteiger charge is -2.12. The van der Waals surface area contributed by atoms with Crippen molar-refractivity contribution in [3.63, 3.8) is 0 Å². The molecule has 2 rings (SSSR count). The minimum atomic E-state index is 0.939. The van der Waals surface area contributed by atoms with E-state index in [1.165, 1.54) is 5.56 Å². The van der Waals surface area contributed by atoms with Crippen LogP contribution in [0.1, 0.15) is 11.3 Å². The van der Waals surface area contributed by atoms with Gasteiger partial charge in [-0.2, -0.15) is 0 Å². The van der Waals surface area contributed by atoms with Gasteiger partial charge in [0.05, 0.1) is 0 Å². The molecule has 0 saturated heterocycles. The van der Waals surface area contributed by atoms with Crippen LogP contribution in [0.5, 0.6) is 0 Å². The Balaban J connectivity index is 2.40. The second-order valence-corrected chi connectivity index (χ2v) is 3.45. The molecule has 1 aromatic rings. The summed E-state index contributed by atoms with van der Waals surface area (Å²) in [4.78, 5) is 10.7. The highest BCUT2D eigenvalue weighted by Gasteiger charge is 2.13. The van der Waals surface area contributed by atoms with Crippen molar-refractivity contribution in [2.24, 2.45) is 0 Å². The molecule has 0 radical (unpaired) electrons. The highest BCUT2D eigenvalue weighted by Crippen LogP contribution is 2.18. The van der Waals surface area contributed by atoms with Crippen LogP contribution in [0.25, 0.3) is 0 Å². The number of aromatic nitrogens is 2. The summed E-state index contributed by atoms with van der Waals surface area (Å²) in [6.45, 7) is 4.98. The maximum Gasteiger partial charge on any atom is 0.134 e. The zero-order valence-electron chi connectivity index (χ0n) is 8.04. The van der Waals surface area contributed by atoms with E-state index in [0.29, 0.717) is 0 Å². The van der Waals surface area contributed by atoms with Crippen LogP contribution in [0.2, 0.25) is 0 Å². The molecule has 0 amide bonds. The molecule has 0 saturated carbocycles. The molecule has 0 unspecified atom stereocenters. The number of nitrogens with zero attached hydrogens (tertiary/aromatic N) is 3. The molecule has 1 aliphatic rings. The first kappa shape index (κ1) is 8.44. The Bertz CT molecular complexity index is 310. The minimum Gasteiger partial charge on any atom is -0.368 e. The third kappa shape index (κ3) is 1.62. The number of rotatable bonds is 0. The third-order valence-corrected chi connectivity index (χ3v) is 2.37. The van der Waals surface area contributed by atoms with E-state index in [0.717, 1.165) is 31.1 Å². The number of hydrogen-bond acceptors (Lipinski definition) is 4. The predicted molar refractivity (Wildman–Crippen MR) is 51.6 cm³/mol. The number of anilines is 1. The third-order valence-electron chi connectivity index (χ3n) is 2.37. The quantitative estimate of drug-likeness (QED) is 0.633. The molecular weight excluding hydrogens is 164 g/mol. The highest BCUT2D eigenvalue weighted by atomic mass is 15.2. The fraction of sp³-hybridized carbons (Fsp3) is 0.556. The first-order valence-electron chi connectivity index (χ1n) is 4.50. The van der Waals surface area contributed by atoms with Crippen molar-refractivity contribution in [3.05, 3.63) is 17.6 Å². The van der Waals surface area contributed by atoms with Gasteiger partial charge in [0.2, 0.25) is 0 Å². The number of fused-ring (bicyclic) bond motifs is 1. The van der Waals surface area contributed by atoms with Gasteiger partial charge in [0, 0.05) is 30.9 Å². The molecule has 0 fully saturated rings. The van der Waals surface area contributed by atoms with Gasteiger partial charge in [0.1, 0.15) is 12.1 Å². The van der Waals surface area contributed by atoms with Gasteiger partial charge in [-0.15, -0.1) is 0 Å². The maximum absolute atomic E-state index is 4.23. The Morgan fingerprint density at radius 3 is 3.15 bits per heavy atom. The second kappa shape index (κ2) is 3.30. The fourth-order valence-corrected chi connectivity index (χ4v) is 1.56. The van der Waals surface area contributed by atoms with Crippen molar-refractivity contribution in [2.75, 3.05) is 25.5 Å². The SMILES string of the molecule is Cc1ncnc2c1CN(C)CCN2. The Hall–Kier alpha value is -1.16. The van der Waals surface area contributed by atoms with Crippen LogP contribution in [0, 0.1) is 6.92 Å². The molecule has 0 bridgehead atoms. The fourth-order valence-electron chi connectivity index (χ4n) is 1.56. The largest absolute Gasteiger partial charge is 0.368 e. The van der Waals surface area contributed by atoms with Gasteiger partial charge in [0.15, 0.2) is 0 Å². The lowest BCUT2D eigenvalue weighted by atomic mass is 10.2. The molecule has 70 valence electrons. The minimum absolute atomic E-state index is 0.939. The normalized spacial score (nSPS) is 17.4. The summed E-state index contributed by atoms with van der Waals surface area (Å²) in [6, 6.07) is 0. The molecule has 2 heterocycles. The molecule has 13 heavy (non-hydrogen) atoms. The summed E-state index contributed by atoms with van der Waals surface area (Å²) < 4.78 is 0. The molecule has 1 aromatic heterocycles. The van der Waals surface area contributed by atoms with Crippen molar-refractivity contribution in [2.45, 2.75) is 13.5 Å². The molecule has 0 aromatic carbocycles.